The van der Waals surface area contributed by atoms with Crippen molar-refractivity contribution in [1.29, 1.82) is 0 Å². The summed E-state index contributed by atoms with van der Waals surface area (Å²) in [6.45, 7) is 0. The van der Waals surface area contributed by atoms with Gasteiger partial charge in [0.05, 0.1) is 6.10 Å². The van der Waals surface area contributed by atoms with Crippen molar-refractivity contribution in [2.45, 2.75) is 25.1 Å². The summed E-state index contributed by atoms with van der Waals surface area (Å²) in [5.41, 5.74) is 4.15. The molecule has 1 aliphatic rings. The van der Waals surface area contributed by atoms with Gasteiger partial charge in [-0.1, -0.05) is 6.07 Å². The van der Waals surface area contributed by atoms with E-state index in [1.165, 1.54) is 18.2 Å². The molecule has 0 spiro atoms. The van der Waals surface area contributed by atoms with Crippen LogP contribution in [0.25, 0.3) is 0 Å². The molecular formula is C10H10F3NO. The number of hydrogen-bond acceptors (Lipinski definition) is 2. The second-order valence-corrected chi connectivity index (χ2v) is 3.54. The predicted molar refractivity (Wildman–Crippen MR) is 49.5 cm³/mol. The van der Waals surface area contributed by atoms with Crippen LogP contribution in [0, 0.1) is 0 Å². The highest BCUT2D eigenvalue weighted by Crippen LogP contribution is 2.41. The number of ether oxygens (including phenoxy) is 1. The highest BCUT2D eigenvalue weighted by Gasteiger charge is 2.38. The molecule has 1 aliphatic carbocycles. The van der Waals surface area contributed by atoms with Crippen LogP contribution in [-0.2, 0) is 6.18 Å². The first kappa shape index (κ1) is 10.1. The lowest BCUT2D eigenvalue weighted by Gasteiger charge is -2.15. The van der Waals surface area contributed by atoms with Crippen LogP contribution in [0.2, 0.25) is 0 Å². The third-order valence-corrected chi connectivity index (χ3v) is 2.16. The van der Waals surface area contributed by atoms with E-state index in [9.17, 15) is 13.2 Å². The number of nitrogens with two attached hydrogens (primary N) is 1. The monoisotopic (exact) mass is 217 g/mol. The lowest BCUT2D eigenvalue weighted by molar-refractivity contribution is -0.138. The van der Waals surface area contributed by atoms with Gasteiger partial charge in [0.2, 0.25) is 0 Å². The smallest absolute Gasteiger partial charge is 0.421 e. The molecule has 0 heterocycles. The van der Waals surface area contributed by atoms with Crippen LogP contribution in [0.4, 0.5) is 18.9 Å². The van der Waals surface area contributed by atoms with Crippen molar-refractivity contribution in [2.75, 3.05) is 5.73 Å². The fourth-order valence-electron chi connectivity index (χ4n) is 1.32. The molecule has 0 unspecified atom stereocenters. The Kier molecular flexibility index (Phi) is 2.25. The van der Waals surface area contributed by atoms with Crippen molar-refractivity contribution in [3.63, 3.8) is 0 Å². The first-order valence-electron chi connectivity index (χ1n) is 4.61. The molecule has 1 aromatic carbocycles. The minimum Gasteiger partial charge on any atom is -0.490 e. The maximum Gasteiger partial charge on any atom is 0.421 e. The van der Waals surface area contributed by atoms with Crippen LogP contribution >= 0.6 is 0 Å². The summed E-state index contributed by atoms with van der Waals surface area (Å²) in [7, 11) is 0. The Morgan fingerprint density at radius 3 is 2.47 bits per heavy atom. The average Bonchev–Trinajstić information content (AvgIpc) is 2.85. The van der Waals surface area contributed by atoms with Gasteiger partial charge in [-0.3, -0.25) is 0 Å². The normalized spacial score (nSPS) is 16.5. The molecule has 0 saturated heterocycles. The Balaban J connectivity index is 2.38. The van der Waals surface area contributed by atoms with Crippen molar-refractivity contribution in [3.05, 3.63) is 23.8 Å². The molecule has 1 aromatic rings. The Labute approximate surface area is 84.8 Å². The van der Waals surface area contributed by atoms with E-state index in [1.807, 2.05) is 0 Å². The van der Waals surface area contributed by atoms with Crippen molar-refractivity contribution in [1.82, 2.24) is 0 Å². The summed E-state index contributed by atoms with van der Waals surface area (Å²) >= 11 is 0. The van der Waals surface area contributed by atoms with Crippen molar-refractivity contribution in [3.8, 4) is 5.75 Å². The molecule has 15 heavy (non-hydrogen) atoms. The molecule has 5 heteroatoms. The Morgan fingerprint density at radius 2 is 1.93 bits per heavy atom. The van der Waals surface area contributed by atoms with E-state index in [4.69, 9.17) is 10.5 Å². The first-order valence-corrected chi connectivity index (χ1v) is 4.61. The molecule has 0 radical (unpaired) electrons. The Bertz CT molecular complexity index is 371. The van der Waals surface area contributed by atoms with Gasteiger partial charge >= 0.3 is 6.18 Å². The number of hydrogen-bond donors (Lipinski definition) is 1. The maximum atomic E-state index is 12.6. The van der Waals surface area contributed by atoms with Crippen molar-refractivity contribution in [2.24, 2.45) is 0 Å². The van der Waals surface area contributed by atoms with Crippen LogP contribution in [0.15, 0.2) is 18.2 Å². The molecule has 2 nitrogen and oxygen atoms in total. The highest BCUT2D eigenvalue weighted by molar-refractivity contribution is 5.55. The van der Waals surface area contributed by atoms with Gasteiger partial charge in [-0.2, -0.15) is 13.2 Å². The zero-order valence-electron chi connectivity index (χ0n) is 7.84. The summed E-state index contributed by atoms with van der Waals surface area (Å²) in [6.07, 6.45) is -2.92. The molecule has 0 atom stereocenters. The SMILES string of the molecule is Nc1cccc(OC2CC2)c1C(F)(F)F. The van der Waals surface area contributed by atoms with Crippen LogP contribution in [0.3, 0.4) is 0 Å². The molecule has 0 aliphatic heterocycles. The zero-order valence-corrected chi connectivity index (χ0v) is 7.84. The third kappa shape index (κ3) is 2.16. The number of alkyl halides is 3. The second kappa shape index (κ2) is 3.32. The van der Waals surface area contributed by atoms with Gasteiger partial charge in [0.25, 0.3) is 0 Å². The number of benzene rings is 1. The molecule has 2 N–H and O–H groups in total. The summed E-state index contributed by atoms with van der Waals surface area (Å²) in [4.78, 5) is 0. The molecule has 82 valence electrons. The number of halogens is 3. The molecule has 0 amide bonds. The van der Waals surface area contributed by atoms with E-state index in [0.717, 1.165) is 12.8 Å². The minimum absolute atomic E-state index is 0.0760. The molecule has 2 rings (SSSR count). The van der Waals surface area contributed by atoms with Gasteiger partial charge in [-0.15, -0.1) is 0 Å². The van der Waals surface area contributed by atoms with Gasteiger partial charge in [-0.25, -0.2) is 0 Å². The summed E-state index contributed by atoms with van der Waals surface area (Å²) in [5.74, 6) is -0.162. The molecular weight excluding hydrogens is 207 g/mol. The van der Waals surface area contributed by atoms with E-state index in [2.05, 4.69) is 0 Å². The van der Waals surface area contributed by atoms with E-state index in [0.29, 0.717) is 0 Å². The van der Waals surface area contributed by atoms with Crippen LogP contribution < -0.4 is 10.5 Å². The standard InChI is InChI=1S/C10H10F3NO/c11-10(12,13)9-7(14)2-1-3-8(9)15-6-4-5-6/h1-3,6H,4-5,14H2. The molecule has 1 fully saturated rings. The van der Waals surface area contributed by atoms with Crippen molar-refractivity contribution < 1.29 is 17.9 Å². The Hall–Kier alpha value is -1.39. The van der Waals surface area contributed by atoms with E-state index in [1.54, 1.807) is 0 Å². The topological polar surface area (TPSA) is 35.2 Å². The lowest BCUT2D eigenvalue weighted by Crippen LogP contribution is -2.12. The van der Waals surface area contributed by atoms with E-state index < -0.39 is 11.7 Å². The number of anilines is 1. The van der Waals surface area contributed by atoms with E-state index in [-0.39, 0.29) is 17.5 Å². The van der Waals surface area contributed by atoms with Gasteiger partial charge in [0.1, 0.15) is 11.3 Å². The van der Waals surface area contributed by atoms with E-state index >= 15 is 0 Å². The third-order valence-electron chi connectivity index (χ3n) is 2.16. The Morgan fingerprint density at radius 1 is 1.27 bits per heavy atom. The first-order chi connectivity index (χ1) is 6.98. The van der Waals surface area contributed by atoms with Crippen LogP contribution in [-0.4, -0.2) is 6.10 Å². The molecule has 0 bridgehead atoms. The van der Waals surface area contributed by atoms with Gasteiger partial charge in [-0.05, 0) is 25.0 Å². The maximum absolute atomic E-state index is 12.6. The van der Waals surface area contributed by atoms with Gasteiger partial charge in [0.15, 0.2) is 0 Å². The summed E-state index contributed by atoms with van der Waals surface area (Å²) in [5, 5.41) is 0. The zero-order chi connectivity index (χ0) is 11.1. The summed E-state index contributed by atoms with van der Waals surface area (Å²) < 4.78 is 43.0. The predicted octanol–water partition coefficient (Wildman–Crippen LogP) is 2.83. The fourth-order valence-corrected chi connectivity index (χ4v) is 1.32. The van der Waals surface area contributed by atoms with Crippen molar-refractivity contribution >= 4 is 5.69 Å². The summed E-state index contributed by atoms with van der Waals surface area (Å²) in [6, 6.07) is 3.99. The van der Waals surface area contributed by atoms with Gasteiger partial charge in [0, 0.05) is 5.69 Å². The number of nitrogen functional groups attached to an aromatic ring is 1. The van der Waals surface area contributed by atoms with Crippen LogP contribution in [0.5, 0.6) is 5.75 Å². The second-order valence-electron chi connectivity index (χ2n) is 3.54. The molecule has 0 aromatic heterocycles. The fraction of sp³-hybridized carbons (Fsp3) is 0.400. The number of rotatable bonds is 2. The van der Waals surface area contributed by atoms with Crippen LogP contribution in [0.1, 0.15) is 18.4 Å². The quantitative estimate of drug-likeness (QED) is 0.773. The highest BCUT2D eigenvalue weighted by atomic mass is 19.4. The lowest BCUT2D eigenvalue weighted by atomic mass is 10.1. The molecule has 1 saturated carbocycles. The largest absolute Gasteiger partial charge is 0.490 e. The minimum atomic E-state index is -4.46. The van der Waals surface area contributed by atoms with Gasteiger partial charge < -0.3 is 10.5 Å². The average molecular weight is 217 g/mol.